The molecule has 5 N–H and O–H groups in total. The van der Waals surface area contributed by atoms with Gasteiger partial charge in [0.1, 0.15) is 0 Å². The molecule has 0 unspecified atom stereocenters. The summed E-state index contributed by atoms with van der Waals surface area (Å²) in [6.07, 6.45) is 18.0. The molecule has 9 nitrogen and oxygen atoms in total. The van der Waals surface area contributed by atoms with Gasteiger partial charge in [-0.15, -0.1) is 0 Å². The Morgan fingerprint density at radius 3 is 2.33 bits per heavy atom. The molecule has 0 amide bonds. The molecule has 3 heterocycles. The van der Waals surface area contributed by atoms with Gasteiger partial charge in [-0.2, -0.15) is 9.97 Å². The predicted octanol–water partition coefficient (Wildman–Crippen LogP) is 4.05. The van der Waals surface area contributed by atoms with E-state index in [2.05, 4.69) is 20.1 Å². The molecule has 36 heavy (non-hydrogen) atoms. The standard InChI is InChI=1S/C27H46N8O/c28-20-9-11-21(12-10-20)31-27-32-25(24-26(33-27)35(19-29-24)23-7-3-4-8-23)30-22-13-16-34(17-14-22)15-5-1-2-6-18-36/h19-23,36H,1-18,28H2,(H2,30,31,32,33). The van der Waals surface area contributed by atoms with Crippen LogP contribution in [0.5, 0.6) is 0 Å². The number of fused-ring (bicyclic) bond motifs is 1. The van der Waals surface area contributed by atoms with Gasteiger partial charge in [0.05, 0.1) is 6.33 Å². The number of aromatic nitrogens is 4. The molecule has 2 aliphatic carbocycles. The molecule has 0 atom stereocenters. The number of aliphatic hydroxyl groups is 1. The zero-order chi connectivity index (χ0) is 24.7. The van der Waals surface area contributed by atoms with Gasteiger partial charge in [0, 0.05) is 43.9 Å². The first-order chi connectivity index (χ1) is 17.7. The number of likely N-dealkylation sites (tertiary alicyclic amines) is 1. The molecule has 0 bridgehead atoms. The van der Waals surface area contributed by atoms with Crippen LogP contribution < -0.4 is 16.4 Å². The molecule has 0 radical (unpaired) electrons. The van der Waals surface area contributed by atoms with Crippen LogP contribution in [0.2, 0.25) is 0 Å². The summed E-state index contributed by atoms with van der Waals surface area (Å²) in [5.41, 5.74) is 8.01. The molecule has 1 aliphatic heterocycles. The largest absolute Gasteiger partial charge is 0.396 e. The highest BCUT2D eigenvalue weighted by Crippen LogP contribution is 2.34. The first kappa shape index (κ1) is 25.7. The molecule has 9 heteroatoms. The maximum absolute atomic E-state index is 8.96. The number of hydrogen-bond donors (Lipinski definition) is 4. The molecule has 2 aromatic rings. The van der Waals surface area contributed by atoms with Gasteiger partial charge >= 0.3 is 0 Å². The number of rotatable bonds is 11. The van der Waals surface area contributed by atoms with Crippen LogP contribution in [0.1, 0.15) is 95.9 Å². The summed E-state index contributed by atoms with van der Waals surface area (Å²) in [6, 6.07) is 1.63. The minimum absolute atomic E-state index is 0.318. The molecule has 200 valence electrons. The Kier molecular flexibility index (Phi) is 8.93. The van der Waals surface area contributed by atoms with E-state index in [1.165, 1.54) is 45.1 Å². The third kappa shape index (κ3) is 6.47. The molecule has 2 aromatic heterocycles. The number of imidazole rings is 1. The molecular weight excluding hydrogens is 452 g/mol. The van der Waals surface area contributed by atoms with E-state index < -0.39 is 0 Å². The Morgan fingerprint density at radius 1 is 0.861 bits per heavy atom. The predicted molar refractivity (Wildman–Crippen MR) is 145 cm³/mol. The van der Waals surface area contributed by atoms with E-state index in [0.717, 1.165) is 87.4 Å². The minimum Gasteiger partial charge on any atom is -0.396 e. The maximum Gasteiger partial charge on any atom is 0.227 e. The SMILES string of the molecule is NC1CCC(Nc2nc(NC3CCN(CCCCCCO)CC3)c3ncn(C4CCCC4)c3n2)CC1. The average molecular weight is 499 g/mol. The number of nitrogens with two attached hydrogens (primary N) is 1. The zero-order valence-corrected chi connectivity index (χ0v) is 21.9. The smallest absolute Gasteiger partial charge is 0.227 e. The van der Waals surface area contributed by atoms with Crippen molar-refractivity contribution in [1.82, 2.24) is 24.4 Å². The third-order valence-corrected chi connectivity index (χ3v) is 8.56. The second kappa shape index (κ2) is 12.5. The van der Waals surface area contributed by atoms with Crippen molar-refractivity contribution in [2.75, 3.05) is 36.9 Å². The van der Waals surface area contributed by atoms with E-state index in [9.17, 15) is 0 Å². The van der Waals surface area contributed by atoms with E-state index in [-0.39, 0.29) is 0 Å². The van der Waals surface area contributed by atoms with Gasteiger partial charge in [0.2, 0.25) is 5.95 Å². The summed E-state index contributed by atoms with van der Waals surface area (Å²) in [4.78, 5) is 17.4. The fourth-order valence-electron chi connectivity index (χ4n) is 6.27. The lowest BCUT2D eigenvalue weighted by Crippen LogP contribution is -2.39. The van der Waals surface area contributed by atoms with Crippen LogP contribution in [0.25, 0.3) is 11.2 Å². The van der Waals surface area contributed by atoms with Gasteiger partial charge in [-0.1, -0.05) is 25.7 Å². The molecule has 5 rings (SSSR count). The van der Waals surface area contributed by atoms with Crippen molar-refractivity contribution in [2.45, 2.75) is 114 Å². The van der Waals surface area contributed by atoms with Crippen LogP contribution in [0.15, 0.2) is 6.33 Å². The Labute approximate surface area is 215 Å². The topological polar surface area (TPSA) is 117 Å². The minimum atomic E-state index is 0.318. The van der Waals surface area contributed by atoms with Crippen LogP contribution in [-0.2, 0) is 0 Å². The maximum atomic E-state index is 8.96. The quantitative estimate of drug-likeness (QED) is 0.343. The molecule has 0 spiro atoms. The van der Waals surface area contributed by atoms with Crippen molar-refractivity contribution in [1.29, 1.82) is 0 Å². The van der Waals surface area contributed by atoms with Gasteiger partial charge in [-0.25, -0.2) is 4.98 Å². The van der Waals surface area contributed by atoms with Gasteiger partial charge in [-0.3, -0.25) is 0 Å². The number of aliphatic hydroxyl groups excluding tert-OH is 1. The van der Waals surface area contributed by atoms with Crippen LogP contribution in [-0.4, -0.2) is 73.9 Å². The lowest BCUT2D eigenvalue weighted by atomic mass is 9.92. The number of unbranched alkanes of at least 4 members (excludes halogenated alkanes) is 3. The average Bonchev–Trinajstić information content (AvgIpc) is 3.57. The van der Waals surface area contributed by atoms with Crippen molar-refractivity contribution in [2.24, 2.45) is 5.73 Å². The lowest BCUT2D eigenvalue weighted by Gasteiger charge is -2.32. The van der Waals surface area contributed by atoms with Gasteiger partial charge in [-0.05, 0) is 70.8 Å². The van der Waals surface area contributed by atoms with E-state index >= 15 is 0 Å². The molecule has 1 saturated heterocycles. The monoisotopic (exact) mass is 498 g/mol. The van der Waals surface area contributed by atoms with Crippen molar-refractivity contribution < 1.29 is 5.11 Å². The number of piperidine rings is 1. The van der Waals surface area contributed by atoms with Crippen molar-refractivity contribution in [3.05, 3.63) is 6.33 Å². The first-order valence-electron chi connectivity index (χ1n) is 14.6. The Morgan fingerprint density at radius 2 is 1.58 bits per heavy atom. The molecule has 3 fully saturated rings. The van der Waals surface area contributed by atoms with Crippen molar-refractivity contribution in [3.8, 4) is 0 Å². The summed E-state index contributed by atoms with van der Waals surface area (Å²) in [6.45, 7) is 3.73. The number of nitrogens with zero attached hydrogens (tertiary/aromatic N) is 5. The summed E-state index contributed by atoms with van der Waals surface area (Å²) in [5.74, 6) is 1.61. The van der Waals surface area contributed by atoms with E-state index in [1.54, 1.807) is 0 Å². The highest BCUT2D eigenvalue weighted by atomic mass is 16.2. The molecule has 0 aromatic carbocycles. The summed E-state index contributed by atoms with van der Waals surface area (Å²) < 4.78 is 2.30. The molecule has 3 aliphatic rings. The third-order valence-electron chi connectivity index (χ3n) is 8.56. The van der Waals surface area contributed by atoms with E-state index in [4.69, 9.17) is 25.8 Å². The fraction of sp³-hybridized carbons (Fsp3) is 0.815. The van der Waals surface area contributed by atoms with E-state index in [1.807, 2.05) is 6.33 Å². The summed E-state index contributed by atoms with van der Waals surface area (Å²) in [5, 5.41) is 16.4. The van der Waals surface area contributed by atoms with Gasteiger partial charge in [0.15, 0.2) is 17.0 Å². The summed E-state index contributed by atoms with van der Waals surface area (Å²) >= 11 is 0. The summed E-state index contributed by atoms with van der Waals surface area (Å²) in [7, 11) is 0. The number of anilines is 2. The van der Waals surface area contributed by atoms with Crippen LogP contribution in [0, 0.1) is 0 Å². The normalized spacial score (nSPS) is 24.5. The molecular formula is C27H46N8O. The van der Waals surface area contributed by atoms with Gasteiger partial charge in [0.25, 0.3) is 0 Å². The Bertz CT molecular complexity index is 943. The second-order valence-corrected chi connectivity index (χ2v) is 11.3. The number of hydrogen-bond acceptors (Lipinski definition) is 8. The highest BCUT2D eigenvalue weighted by molar-refractivity contribution is 5.84. The fourth-order valence-corrected chi connectivity index (χ4v) is 6.27. The Hall–Kier alpha value is -1.97. The van der Waals surface area contributed by atoms with Crippen LogP contribution in [0.4, 0.5) is 11.8 Å². The second-order valence-electron chi connectivity index (χ2n) is 11.3. The van der Waals surface area contributed by atoms with Crippen molar-refractivity contribution >= 4 is 22.9 Å². The highest BCUT2D eigenvalue weighted by Gasteiger charge is 2.26. The Balaban J connectivity index is 1.26. The van der Waals surface area contributed by atoms with Gasteiger partial charge < -0.3 is 30.9 Å². The lowest BCUT2D eigenvalue weighted by molar-refractivity contribution is 0.213. The zero-order valence-electron chi connectivity index (χ0n) is 21.9. The van der Waals surface area contributed by atoms with Crippen LogP contribution >= 0.6 is 0 Å². The first-order valence-corrected chi connectivity index (χ1v) is 14.6. The van der Waals surface area contributed by atoms with Crippen LogP contribution in [0.3, 0.4) is 0 Å². The van der Waals surface area contributed by atoms with E-state index in [0.29, 0.717) is 30.8 Å². The number of nitrogens with one attached hydrogen (secondary N) is 2. The molecule has 2 saturated carbocycles. The van der Waals surface area contributed by atoms with Crippen molar-refractivity contribution in [3.63, 3.8) is 0 Å².